The molecule has 0 aromatic carbocycles. The second-order valence-corrected chi connectivity index (χ2v) is 6.81. The van der Waals surface area contributed by atoms with Crippen molar-refractivity contribution < 1.29 is 4.79 Å². The second-order valence-electron chi connectivity index (χ2n) is 6.81. The van der Waals surface area contributed by atoms with E-state index in [1.807, 2.05) is 19.9 Å². The van der Waals surface area contributed by atoms with Gasteiger partial charge < -0.3 is 10.5 Å². The van der Waals surface area contributed by atoms with E-state index < -0.39 is 0 Å². The van der Waals surface area contributed by atoms with Gasteiger partial charge >= 0.3 is 0 Å². The molecule has 1 aromatic heterocycles. The van der Waals surface area contributed by atoms with E-state index in [2.05, 4.69) is 16.8 Å². The minimum absolute atomic E-state index is 0.0288. The van der Waals surface area contributed by atoms with Gasteiger partial charge in [0.25, 0.3) is 0 Å². The summed E-state index contributed by atoms with van der Waals surface area (Å²) in [6.45, 7) is 13.9. The van der Waals surface area contributed by atoms with Gasteiger partial charge in [0.2, 0.25) is 5.70 Å². The standard InChI is InChI=1S/C18H22N4O/c1-10-13-6-5-12-11(2)21-15(7-8-19)22-17(12)18(13,3)9-14(20-4)16(10)23/h9-10,13H,5-8,19H2,1-3H3/t10-,13-,18-/m1/s1. The van der Waals surface area contributed by atoms with Crippen LogP contribution in [0.4, 0.5) is 0 Å². The molecule has 2 aliphatic carbocycles. The Hall–Kier alpha value is -2.06. The molecule has 0 saturated carbocycles. The van der Waals surface area contributed by atoms with Crippen LogP contribution in [0.5, 0.6) is 0 Å². The summed E-state index contributed by atoms with van der Waals surface area (Å²) in [5.41, 5.74) is 8.70. The van der Waals surface area contributed by atoms with Crippen LogP contribution in [0.25, 0.3) is 4.85 Å². The Bertz CT molecular complexity index is 746. The number of nitrogens with zero attached hydrogens (tertiary/aromatic N) is 3. The molecule has 2 aliphatic rings. The largest absolute Gasteiger partial charge is 0.330 e. The average molecular weight is 310 g/mol. The fourth-order valence-electron chi connectivity index (χ4n) is 4.22. The molecule has 0 fully saturated rings. The summed E-state index contributed by atoms with van der Waals surface area (Å²) in [6.07, 6.45) is 4.31. The summed E-state index contributed by atoms with van der Waals surface area (Å²) < 4.78 is 0. The zero-order chi connectivity index (χ0) is 16.8. The van der Waals surface area contributed by atoms with Crippen LogP contribution in [0.3, 0.4) is 0 Å². The number of hydrogen-bond donors (Lipinski definition) is 1. The summed E-state index contributed by atoms with van der Waals surface area (Å²) in [6, 6.07) is 0. The lowest BCUT2D eigenvalue weighted by atomic mass is 9.58. The minimum atomic E-state index is -0.377. The molecule has 1 aromatic rings. The lowest BCUT2D eigenvalue weighted by Crippen LogP contribution is -2.46. The Morgan fingerprint density at radius 1 is 1.48 bits per heavy atom. The molecule has 3 atom stereocenters. The lowest BCUT2D eigenvalue weighted by molar-refractivity contribution is -0.121. The SMILES string of the molecule is [C-]#[N+]C1=C[C@@]2(C)c3nc(CCN)nc(C)c3CC[C@@H]2[C@@H](C)C1=O. The van der Waals surface area contributed by atoms with Crippen LogP contribution >= 0.6 is 0 Å². The quantitative estimate of drug-likeness (QED) is 0.849. The third kappa shape index (κ3) is 2.29. The van der Waals surface area contributed by atoms with Crippen molar-refractivity contribution in [1.82, 2.24) is 9.97 Å². The first kappa shape index (κ1) is 15.8. The van der Waals surface area contributed by atoms with Crippen molar-refractivity contribution in [2.75, 3.05) is 6.54 Å². The van der Waals surface area contributed by atoms with Crippen LogP contribution in [-0.4, -0.2) is 22.3 Å². The molecule has 0 radical (unpaired) electrons. The molecular weight excluding hydrogens is 288 g/mol. The summed E-state index contributed by atoms with van der Waals surface area (Å²) >= 11 is 0. The number of fused-ring (bicyclic) bond motifs is 3. The van der Waals surface area contributed by atoms with E-state index in [4.69, 9.17) is 17.3 Å². The van der Waals surface area contributed by atoms with Gasteiger partial charge in [-0.15, -0.1) is 0 Å². The molecule has 1 heterocycles. The zero-order valence-electron chi connectivity index (χ0n) is 13.9. The summed E-state index contributed by atoms with van der Waals surface area (Å²) in [5.74, 6) is 0.773. The number of carbonyl (C=O) groups is 1. The molecule has 0 aliphatic heterocycles. The van der Waals surface area contributed by atoms with Gasteiger partial charge in [0.05, 0.1) is 12.3 Å². The van der Waals surface area contributed by atoms with E-state index in [1.54, 1.807) is 0 Å². The van der Waals surface area contributed by atoms with Crippen LogP contribution < -0.4 is 5.73 Å². The minimum Gasteiger partial charge on any atom is -0.330 e. The van der Waals surface area contributed by atoms with Crippen LogP contribution in [0, 0.1) is 25.3 Å². The van der Waals surface area contributed by atoms with Crippen molar-refractivity contribution in [3.63, 3.8) is 0 Å². The van der Waals surface area contributed by atoms with Gasteiger partial charge in [-0.2, -0.15) is 0 Å². The van der Waals surface area contributed by atoms with Gasteiger partial charge in [-0.1, -0.05) is 19.9 Å². The highest BCUT2D eigenvalue weighted by Crippen LogP contribution is 2.49. The Labute approximate surface area is 136 Å². The predicted molar refractivity (Wildman–Crippen MR) is 87.5 cm³/mol. The number of rotatable bonds is 2. The average Bonchev–Trinajstić information content (AvgIpc) is 2.52. The molecule has 0 saturated heterocycles. The van der Waals surface area contributed by atoms with E-state index in [1.165, 1.54) is 5.56 Å². The Morgan fingerprint density at radius 2 is 2.22 bits per heavy atom. The molecule has 120 valence electrons. The van der Waals surface area contributed by atoms with E-state index in [-0.39, 0.29) is 28.7 Å². The molecule has 5 heteroatoms. The first-order valence-corrected chi connectivity index (χ1v) is 8.13. The fourth-order valence-corrected chi connectivity index (χ4v) is 4.22. The highest BCUT2D eigenvalue weighted by molar-refractivity contribution is 6.00. The lowest BCUT2D eigenvalue weighted by Gasteiger charge is -2.46. The first-order chi connectivity index (χ1) is 10.9. The van der Waals surface area contributed by atoms with Crippen molar-refractivity contribution in [1.29, 1.82) is 0 Å². The molecule has 0 unspecified atom stereocenters. The smallest absolute Gasteiger partial charge is 0.226 e. The van der Waals surface area contributed by atoms with Crippen LogP contribution in [0.1, 0.15) is 43.0 Å². The molecule has 0 amide bonds. The number of ketones is 1. The third-order valence-corrected chi connectivity index (χ3v) is 5.44. The Balaban J connectivity index is 2.23. The maximum atomic E-state index is 12.4. The van der Waals surface area contributed by atoms with Gasteiger partial charge in [-0.25, -0.2) is 14.8 Å². The summed E-state index contributed by atoms with van der Waals surface area (Å²) in [7, 11) is 0. The highest BCUT2D eigenvalue weighted by Gasteiger charge is 2.49. The molecule has 0 bridgehead atoms. The first-order valence-electron chi connectivity index (χ1n) is 8.13. The van der Waals surface area contributed by atoms with Crippen molar-refractivity contribution >= 4 is 5.78 Å². The third-order valence-electron chi connectivity index (χ3n) is 5.44. The van der Waals surface area contributed by atoms with Gasteiger partial charge in [0, 0.05) is 23.4 Å². The molecule has 0 spiro atoms. The highest BCUT2D eigenvalue weighted by atomic mass is 16.1. The number of allylic oxidation sites excluding steroid dienone is 2. The molecule has 3 rings (SSSR count). The van der Waals surface area contributed by atoms with E-state index in [9.17, 15) is 4.79 Å². The van der Waals surface area contributed by atoms with E-state index in [0.717, 1.165) is 30.1 Å². The number of aromatic nitrogens is 2. The van der Waals surface area contributed by atoms with Crippen molar-refractivity contribution in [2.24, 2.45) is 17.6 Å². The van der Waals surface area contributed by atoms with Gasteiger partial charge in [-0.05, 0) is 37.8 Å². The second kappa shape index (κ2) is 5.54. The maximum Gasteiger partial charge on any atom is 0.226 e. The molecule has 23 heavy (non-hydrogen) atoms. The monoisotopic (exact) mass is 310 g/mol. The number of hydrogen-bond acceptors (Lipinski definition) is 4. The van der Waals surface area contributed by atoms with Crippen molar-refractivity contribution in [2.45, 2.75) is 45.4 Å². The number of aryl methyl sites for hydroxylation is 1. The molecular formula is C18H22N4O. The number of nitrogens with two attached hydrogens (primary N) is 1. The summed E-state index contributed by atoms with van der Waals surface area (Å²) in [4.78, 5) is 25.2. The zero-order valence-corrected chi connectivity index (χ0v) is 13.9. The predicted octanol–water partition coefficient (Wildman–Crippen LogP) is 2.13. The fraction of sp³-hybridized carbons (Fsp3) is 0.556. The van der Waals surface area contributed by atoms with Crippen molar-refractivity contribution in [3.05, 3.63) is 46.0 Å². The van der Waals surface area contributed by atoms with E-state index in [0.29, 0.717) is 13.0 Å². The Kier molecular flexibility index (Phi) is 3.81. The normalized spacial score (nSPS) is 29.3. The molecule has 2 N–H and O–H groups in total. The van der Waals surface area contributed by atoms with Gasteiger partial charge in [0.1, 0.15) is 5.82 Å². The topological polar surface area (TPSA) is 73.2 Å². The maximum absolute atomic E-state index is 12.4. The number of Topliss-reactive ketones (excluding diaryl/α,β-unsaturated/α-hetero) is 1. The van der Waals surface area contributed by atoms with Crippen molar-refractivity contribution in [3.8, 4) is 0 Å². The van der Waals surface area contributed by atoms with Crippen LogP contribution in [0.2, 0.25) is 0 Å². The van der Waals surface area contributed by atoms with Gasteiger partial charge in [-0.3, -0.25) is 0 Å². The molecule has 5 nitrogen and oxygen atoms in total. The Morgan fingerprint density at radius 3 is 2.87 bits per heavy atom. The number of carbonyl (C=O) groups excluding carboxylic acids is 1. The van der Waals surface area contributed by atoms with E-state index >= 15 is 0 Å². The van der Waals surface area contributed by atoms with Crippen LogP contribution in [0.15, 0.2) is 11.8 Å². The van der Waals surface area contributed by atoms with Gasteiger partial charge in [0.15, 0.2) is 5.78 Å². The van der Waals surface area contributed by atoms with Crippen LogP contribution in [-0.2, 0) is 23.1 Å². The summed E-state index contributed by atoms with van der Waals surface area (Å²) in [5, 5.41) is 0.